The van der Waals surface area contributed by atoms with Gasteiger partial charge in [0, 0.05) is 26.1 Å². The number of ether oxygens (including phenoxy) is 3. The molecule has 338 valence electrons. The van der Waals surface area contributed by atoms with Crippen LogP contribution in [0.1, 0.15) is 107 Å². The van der Waals surface area contributed by atoms with Gasteiger partial charge in [0.25, 0.3) is 5.89 Å². The van der Waals surface area contributed by atoms with E-state index in [2.05, 4.69) is 20.9 Å². The van der Waals surface area contributed by atoms with E-state index in [0.717, 1.165) is 48.9 Å². The van der Waals surface area contributed by atoms with E-state index in [9.17, 15) is 28.4 Å². The monoisotopic (exact) mass is 869 g/mol. The molecular formula is C48H60FN5O9. The standard InChI is InChI=1S/C48H60FN5O9/c1-31-18-24-37-41(27-31)62-44(52-37)42(55)38(17-11-12-26-50-46(58)63-48(2,3)4)51-43(56)40-28-36(60-30-33-15-9-6-10-16-33)29-54(40)45(57)39(25-19-32-13-7-5-8-14-32)53-47(59)61-35-22-20-34(49)21-23-35/h5,7-8,13-14,18,20-24,27,33,36,38-40H,6,9-12,15-17,19,25-26,28-30H2,1-4H3,(H,50,58)(H,51,56)(H,53,59)/t36-,38+,39-,40+/m1/s1. The molecule has 4 aromatic rings. The van der Waals surface area contributed by atoms with Gasteiger partial charge < -0.3 is 39.5 Å². The number of oxazole rings is 1. The van der Waals surface area contributed by atoms with Crippen LogP contribution in [0.3, 0.4) is 0 Å². The molecule has 4 atom stereocenters. The summed E-state index contributed by atoms with van der Waals surface area (Å²) in [5.74, 6) is -1.82. The third-order valence-corrected chi connectivity index (χ3v) is 11.3. The number of nitrogens with zero attached hydrogens (tertiary/aromatic N) is 2. The number of halogens is 1. The molecule has 4 amide bonds. The van der Waals surface area contributed by atoms with Crippen LogP contribution in [0.25, 0.3) is 11.1 Å². The molecule has 6 rings (SSSR count). The Bertz CT molecular complexity index is 2170. The Morgan fingerprint density at radius 1 is 0.889 bits per heavy atom. The van der Waals surface area contributed by atoms with Crippen LogP contribution < -0.4 is 20.7 Å². The maximum Gasteiger partial charge on any atom is 0.413 e. The number of aryl methyl sites for hydroxylation is 2. The number of hydrogen-bond donors (Lipinski definition) is 3. The van der Waals surface area contributed by atoms with Gasteiger partial charge in [-0.15, -0.1) is 0 Å². The number of aromatic nitrogens is 1. The normalized spacial score (nSPS) is 17.8. The maximum absolute atomic E-state index is 14.8. The van der Waals surface area contributed by atoms with E-state index in [1.165, 1.54) is 23.5 Å². The van der Waals surface area contributed by atoms with Crippen molar-refractivity contribution in [2.24, 2.45) is 5.92 Å². The number of fused-ring (bicyclic) bond motifs is 1. The van der Waals surface area contributed by atoms with E-state index in [1.807, 2.05) is 43.3 Å². The Labute approximate surface area is 368 Å². The highest BCUT2D eigenvalue weighted by atomic mass is 19.1. The van der Waals surface area contributed by atoms with Gasteiger partial charge in [0.05, 0.1) is 12.1 Å². The molecule has 63 heavy (non-hydrogen) atoms. The van der Waals surface area contributed by atoms with Crippen molar-refractivity contribution < 1.29 is 47.0 Å². The fourth-order valence-corrected chi connectivity index (χ4v) is 8.03. The summed E-state index contributed by atoms with van der Waals surface area (Å²) in [6.45, 7) is 8.07. The average Bonchev–Trinajstić information content (AvgIpc) is 3.89. The molecule has 0 bridgehead atoms. The lowest BCUT2D eigenvalue weighted by molar-refractivity contribution is -0.140. The molecular weight excluding hydrogens is 810 g/mol. The molecule has 2 aliphatic rings. The lowest BCUT2D eigenvalue weighted by atomic mass is 9.90. The number of alkyl carbamates (subject to hydrolysis) is 1. The van der Waals surface area contributed by atoms with Gasteiger partial charge in [0.1, 0.15) is 34.8 Å². The quantitative estimate of drug-likeness (QED) is 0.0656. The smallest absolute Gasteiger partial charge is 0.413 e. The number of Topliss-reactive ketones (excluding diaryl/α,β-unsaturated/α-hetero) is 1. The third-order valence-electron chi connectivity index (χ3n) is 11.3. The summed E-state index contributed by atoms with van der Waals surface area (Å²) in [7, 11) is 0. The Morgan fingerprint density at radius 2 is 1.63 bits per heavy atom. The highest BCUT2D eigenvalue weighted by molar-refractivity contribution is 6.01. The van der Waals surface area contributed by atoms with E-state index in [1.54, 1.807) is 32.9 Å². The summed E-state index contributed by atoms with van der Waals surface area (Å²) in [5.41, 5.74) is 2.12. The van der Waals surface area contributed by atoms with Crippen molar-refractivity contribution in [3.63, 3.8) is 0 Å². The minimum absolute atomic E-state index is 0.0829. The van der Waals surface area contributed by atoms with Crippen LogP contribution in [-0.4, -0.2) is 89.2 Å². The van der Waals surface area contributed by atoms with E-state index in [0.29, 0.717) is 42.9 Å². The number of amides is 4. The number of nitrogens with one attached hydrogen (secondary N) is 3. The second-order valence-corrected chi connectivity index (χ2v) is 17.6. The minimum Gasteiger partial charge on any atom is -0.444 e. The molecule has 3 N–H and O–H groups in total. The molecule has 1 aromatic heterocycles. The van der Waals surface area contributed by atoms with Gasteiger partial charge in [0.2, 0.25) is 17.6 Å². The summed E-state index contributed by atoms with van der Waals surface area (Å²) >= 11 is 0. The van der Waals surface area contributed by atoms with Crippen LogP contribution in [0.2, 0.25) is 0 Å². The van der Waals surface area contributed by atoms with Crippen molar-refractivity contribution in [3.05, 3.63) is 95.6 Å². The van der Waals surface area contributed by atoms with Gasteiger partial charge in [0.15, 0.2) is 5.58 Å². The van der Waals surface area contributed by atoms with Crippen LogP contribution in [0.15, 0.2) is 77.2 Å². The molecule has 3 aromatic carbocycles. The predicted octanol–water partition coefficient (Wildman–Crippen LogP) is 7.99. The van der Waals surface area contributed by atoms with Crippen molar-refractivity contribution in [1.82, 2.24) is 25.8 Å². The van der Waals surface area contributed by atoms with Crippen LogP contribution in [0, 0.1) is 18.7 Å². The average molecular weight is 870 g/mol. The van der Waals surface area contributed by atoms with Crippen molar-refractivity contribution >= 4 is 40.9 Å². The van der Waals surface area contributed by atoms with Crippen LogP contribution >= 0.6 is 0 Å². The van der Waals surface area contributed by atoms with Crippen molar-refractivity contribution in [1.29, 1.82) is 0 Å². The topological polar surface area (TPSA) is 178 Å². The Kier molecular flexibility index (Phi) is 16.3. The molecule has 2 fully saturated rings. The zero-order valence-corrected chi connectivity index (χ0v) is 36.7. The number of carbonyl (C=O) groups excluding carboxylic acids is 5. The van der Waals surface area contributed by atoms with Gasteiger partial charge in [-0.2, -0.15) is 0 Å². The van der Waals surface area contributed by atoms with Gasteiger partial charge >= 0.3 is 12.2 Å². The van der Waals surface area contributed by atoms with Crippen LogP contribution in [0.5, 0.6) is 5.75 Å². The van der Waals surface area contributed by atoms with Gasteiger partial charge in [-0.05, 0) is 126 Å². The summed E-state index contributed by atoms with van der Waals surface area (Å²) in [5, 5.41) is 8.37. The van der Waals surface area contributed by atoms with E-state index < -0.39 is 65.4 Å². The number of likely N-dealkylation sites (tertiary alicyclic amines) is 1. The van der Waals surface area contributed by atoms with Crippen LogP contribution in [-0.2, 0) is 25.5 Å². The van der Waals surface area contributed by atoms with Crippen molar-refractivity contribution in [3.8, 4) is 5.75 Å². The summed E-state index contributed by atoms with van der Waals surface area (Å²) < 4.78 is 36.7. The van der Waals surface area contributed by atoms with Gasteiger partial charge in [-0.3, -0.25) is 14.4 Å². The fraction of sp³-hybridized carbons (Fsp3) is 0.500. The molecule has 1 aliphatic carbocycles. The highest BCUT2D eigenvalue weighted by Crippen LogP contribution is 2.28. The molecule has 0 spiro atoms. The molecule has 1 saturated heterocycles. The number of hydrogen-bond acceptors (Lipinski definition) is 10. The number of benzene rings is 3. The Hall–Kier alpha value is -5.83. The second-order valence-electron chi connectivity index (χ2n) is 17.6. The third kappa shape index (κ3) is 14.1. The van der Waals surface area contributed by atoms with Gasteiger partial charge in [-0.1, -0.05) is 55.7 Å². The predicted molar refractivity (Wildman–Crippen MR) is 234 cm³/mol. The molecule has 1 aliphatic heterocycles. The lowest BCUT2D eigenvalue weighted by Gasteiger charge is -2.29. The second kappa shape index (κ2) is 22.0. The van der Waals surface area contributed by atoms with E-state index >= 15 is 0 Å². The highest BCUT2D eigenvalue weighted by Gasteiger charge is 2.44. The molecule has 15 heteroatoms. The maximum atomic E-state index is 14.8. The zero-order chi connectivity index (χ0) is 44.9. The number of rotatable bonds is 18. The summed E-state index contributed by atoms with van der Waals surface area (Å²) in [6, 6.07) is 16.5. The first-order chi connectivity index (χ1) is 30.2. The number of carbonyl (C=O) groups is 5. The Balaban J connectivity index is 1.22. The molecule has 1 saturated carbocycles. The van der Waals surface area contributed by atoms with Crippen molar-refractivity contribution in [2.75, 3.05) is 19.7 Å². The zero-order valence-electron chi connectivity index (χ0n) is 36.7. The fourth-order valence-electron chi connectivity index (χ4n) is 8.03. The van der Waals surface area contributed by atoms with Gasteiger partial charge in [-0.25, -0.2) is 19.0 Å². The summed E-state index contributed by atoms with van der Waals surface area (Å²) in [4.78, 5) is 75.0. The largest absolute Gasteiger partial charge is 0.444 e. The first-order valence-electron chi connectivity index (χ1n) is 22.1. The minimum atomic E-state index is -1.12. The molecule has 0 radical (unpaired) electrons. The van der Waals surface area contributed by atoms with E-state index in [4.69, 9.17) is 18.6 Å². The molecule has 2 heterocycles. The first kappa shape index (κ1) is 46.7. The van der Waals surface area contributed by atoms with Crippen LogP contribution in [0.4, 0.5) is 14.0 Å². The number of ketones is 1. The molecule has 14 nitrogen and oxygen atoms in total. The summed E-state index contributed by atoms with van der Waals surface area (Å²) in [6.07, 6.45) is 5.42. The van der Waals surface area contributed by atoms with Crippen molar-refractivity contribution in [2.45, 2.75) is 128 Å². The lowest BCUT2D eigenvalue weighted by Crippen LogP contribution is -2.55. The molecule has 0 unspecified atom stereocenters. The van der Waals surface area contributed by atoms with E-state index in [-0.39, 0.29) is 44.0 Å². The first-order valence-corrected chi connectivity index (χ1v) is 22.1. The number of unbranched alkanes of at least 4 members (excludes halogenated alkanes) is 1. The SMILES string of the molecule is Cc1ccc2nc(C(=O)[C@H](CCCCNC(=O)OC(C)(C)C)NC(=O)[C@@H]3C[C@@H](OCC4CCCCC4)CN3C(=O)[C@@H](CCc3ccccc3)NC(=O)Oc3ccc(F)cc3)oc2c1. The Morgan fingerprint density at radius 3 is 2.37 bits per heavy atom.